The van der Waals surface area contributed by atoms with Crippen LogP contribution in [0.4, 0.5) is 0 Å². The van der Waals surface area contributed by atoms with E-state index in [0.717, 1.165) is 32.1 Å². The molecular weight excluding hydrogens is 188 g/mol. The van der Waals surface area contributed by atoms with E-state index in [1.165, 1.54) is 0 Å². The van der Waals surface area contributed by atoms with E-state index in [-0.39, 0.29) is 16.9 Å². The molecule has 0 amide bonds. The largest absolute Gasteiger partial charge is 0.393 e. The second-order valence-electron chi connectivity index (χ2n) is 6.16. The molecule has 0 aromatic rings. The van der Waals surface area contributed by atoms with Crippen LogP contribution in [0.3, 0.4) is 0 Å². The fourth-order valence-electron chi connectivity index (χ4n) is 3.81. The number of aliphatic hydroxyl groups is 1. The Balaban J connectivity index is 2.35. The molecule has 86 valence electrons. The lowest BCUT2D eigenvalue weighted by Crippen LogP contribution is -2.54. The lowest BCUT2D eigenvalue weighted by molar-refractivity contribution is -0.154. The van der Waals surface area contributed by atoms with Gasteiger partial charge in [0.2, 0.25) is 0 Å². The molecule has 2 saturated carbocycles. The summed E-state index contributed by atoms with van der Waals surface area (Å²) in [5, 5.41) is 10.1. The van der Waals surface area contributed by atoms with Crippen molar-refractivity contribution in [1.29, 1.82) is 0 Å². The first kappa shape index (κ1) is 11.1. The smallest absolute Gasteiger partial charge is 0.139 e. The van der Waals surface area contributed by atoms with Crippen molar-refractivity contribution < 1.29 is 9.90 Å². The average molecular weight is 210 g/mol. The topological polar surface area (TPSA) is 37.3 Å². The first-order valence-electron chi connectivity index (χ1n) is 6.10. The molecule has 0 bridgehead atoms. The molecule has 1 unspecified atom stereocenters. The Morgan fingerprint density at radius 3 is 2.60 bits per heavy atom. The van der Waals surface area contributed by atoms with Crippen LogP contribution in [0.5, 0.6) is 0 Å². The van der Waals surface area contributed by atoms with Gasteiger partial charge in [0.25, 0.3) is 0 Å². The number of aliphatic hydroxyl groups excluding tert-OH is 1. The van der Waals surface area contributed by atoms with Gasteiger partial charge in [0.05, 0.1) is 6.10 Å². The van der Waals surface area contributed by atoms with Crippen LogP contribution in [0.1, 0.15) is 52.9 Å². The van der Waals surface area contributed by atoms with E-state index >= 15 is 0 Å². The predicted octanol–water partition coefficient (Wildman–Crippen LogP) is 2.54. The van der Waals surface area contributed by atoms with Crippen LogP contribution in [0.15, 0.2) is 0 Å². The molecule has 2 heteroatoms. The second-order valence-corrected chi connectivity index (χ2v) is 6.16. The Bertz CT molecular complexity index is 282. The van der Waals surface area contributed by atoms with Crippen molar-refractivity contribution in [2.45, 2.75) is 59.0 Å². The van der Waals surface area contributed by atoms with Crippen molar-refractivity contribution in [1.82, 2.24) is 0 Å². The molecule has 2 nitrogen and oxygen atoms in total. The van der Waals surface area contributed by atoms with Gasteiger partial charge in [0.1, 0.15) is 5.78 Å². The molecule has 0 heterocycles. The highest BCUT2D eigenvalue weighted by molar-refractivity contribution is 5.85. The van der Waals surface area contributed by atoms with E-state index < -0.39 is 0 Å². The number of rotatable bonds is 0. The lowest BCUT2D eigenvalue weighted by atomic mass is 9.50. The molecule has 2 fully saturated rings. The molecule has 15 heavy (non-hydrogen) atoms. The second kappa shape index (κ2) is 3.31. The van der Waals surface area contributed by atoms with Gasteiger partial charge in [0.15, 0.2) is 0 Å². The van der Waals surface area contributed by atoms with E-state index in [2.05, 4.69) is 20.8 Å². The lowest BCUT2D eigenvalue weighted by Gasteiger charge is -2.54. The zero-order chi connectivity index (χ0) is 11.3. The highest BCUT2D eigenvalue weighted by Crippen LogP contribution is 2.56. The van der Waals surface area contributed by atoms with Gasteiger partial charge < -0.3 is 5.11 Å². The van der Waals surface area contributed by atoms with Crippen molar-refractivity contribution in [2.75, 3.05) is 0 Å². The summed E-state index contributed by atoms with van der Waals surface area (Å²) in [6.45, 7) is 6.36. The van der Waals surface area contributed by atoms with Crippen LogP contribution in [-0.4, -0.2) is 17.0 Å². The zero-order valence-electron chi connectivity index (χ0n) is 10.0. The van der Waals surface area contributed by atoms with Crippen molar-refractivity contribution in [3.8, 4) is 0 Å². The molecule has 0 spiro atoms. The van der Waals surface area contributed by atoms with E-state index in [4.69, 9.17) is 0 Å². The minimum Gasteiger partial charge on any atom is -0.393 e. The Morgan fingerprint density at radius 2 is 1.93 bits per heavy atom. The van der Waals surface area contributed by atoms with Crippen molar-refractivity contribution in [3.05, 3.63) is 0 Å². The molecule has 1 N–H and O–H groups in total. The van der Waals surface area contributed by atoms with E-state index in [9.17, 15) is 9.90 Å². The third kappa shape index (κ3) is 1.45. The quantitative estimate of drug-likeness (QED) is 0.667. The summed E-state index contributed by atoms with van der Waals surface area (Å²) < 4.78 is 0. The maximum atomic E-state index is 12.1. The number of carbonyl (C=O) groups is 1. The monoisotopic (exact) mass is 210 g/mol. The molecule has 2 aliphatic carbocycles. The highest BCUT2D eigenvalue weighted by Gasteiger charge is 2.54. The Kier molecular flexibility index (Phi) is 2.45. The summed E-state index contributed by atoms with van der Waals surface area (Å²) in [5.41, 5.74) is -0.246. The van der Waals surface area contributed by atoms with E-state index in [0.29, 0.717) is 11.7 Å². The van der Waals surface area contributed by atoms with Crippen LogP contribution in [0, 0.1) is 16.7 Å². The van der Waals surface area contributed by atoms with Crippen LogP contribution in [0.25, 0.3) is 0 Å². The summed E-state index contributed by atoms with van der Waals surface area (Å²) >= 11 is 0. The number of ketones is 1. The average Bonchev–Trinajstić information content (AvgIpc) is 2.16. The first-order chi connectivity index (χ1) is 6.89. The molecule has 3 atom stereocenters. The van der Waals surface area contributed by atoms with Crippen LogP contribution in [0.2, 0.25) is 0 Å². The first-order valence-corrected chi connectivity index (χ1v) is 6.10. The minimum atomic E-state index is -0.235. The summed E-state index contributed by atoms with van der Waals surface area (Å²) in [4.78, 5) is 12.1. The molecule has 0 aromatic heterocycles. The summed E-state index contributed by atoms with van der Waals surface area (Å²) in [5.74, 6) is 0.800. The third-order valence-electron chi connectivity index (χ3n) is 5.00. The van der Waals surface area contributed by atoms with Gasteiger partial charge in [-0.25, -0.2) is 0 Å². The molecule has 0 radical (unpaired) electrons. The summed E-state index contributed by atoms with van der Waals surface area (Å²) in [7, 11) is 0. The van der Waals surface area contributed by atoms with Crippen LogP contribution >= 0.6 is 0 Å². The molecular formula is C13H22O2. The predicted molar refractivity (Wildman–Crippen MR) is 59.5 cm³/mol. The van der Waals surface area contributed by atoms with Crippen molar-refractivity contribution >= 4 is 5.78 Å². The molecule has 0 aromatic carbocycles. The van der Waals surface area contributed by atoms with Crippen molar-refractivity contribution in [3.63, 3.8) is 0 Å². The maximum Gasteiger partial charge on any atom is 0.139 e. The van der Waals surface area contributed by atoms with Gasteiger partial charge in [-0.05, 0) is 37.0 Å². The van der Waals surface area contributed by atoms with Gasteiger partial charge in [-0.3, -0.25) is 4.79 Å². The Hall–Kier alpha value is -0.370. The van der Waals surface area contributed by atoms with Gasteiger partial charge in [-0.1, -0.05) is 20.8 Å². The number of Topliss-reactive ketones (excluding diaryl/α,β-unsaturated/α-hetero) is 1. The summed E-state index contributed by atoms with van der Waals surface area (Å²) in [6, 6.07) is 0. The van der Waals surface area contributed by atoms with E-state index in [1.54, 1.807) is 0 Å². The minimum absolute atomic E-state index is 0.0942. The normalized spacial score (nSPS) is 44.9. The van der Waals surface area contributed by atoms with Crippen LogP contribution < -0.4 is 0 Å². The summed E-state index contributed by atoms with van der Waals surface area (Å²) in [6.07, 6.45) is 4.29. The van der Waals surface area contributed by atoms with Gasteiger partial charge in [-0.2, -0.15) is 0 Å². The molecule has 0 aliphatic heterocycles. The highest BCUT2D eigenvalue weighted by atomic mass is 16.3. The Labute approximate surface area is 92.1 Å². The van der Waals surface area contributed by atoms with Gasteiger partial charge >= 0.3 is 0 Å². The number of hydrogen-bond acceptors (Lipinski definition) is 2. The molecule has 0 saturated heterocycles. The Morgan fingerprint density at radius 1 is 1.27 bits per heavy atom. The number of carbonyl (C=O) groups excluding carboxylic acids is 1. The molecule has 2 aliphatic rings. The zero-order valence-corrected chi connectivity index (χ0v) is 10.0. The fourth-order valence-corrected chi connectivity index (χ4v) is 3.81. The maximum absolute atomic E-state index is 12.1. The molecule has 2 rings (SSSR count). The SMILES string of the molecule is CC1(C)C2CCCC(=O)[C@@]2(C)CC[C@H]1O. The van der Waals surface area contributed by atoms with Crippen molar-refractivity contribution in [2.24, 2.45) is 16.7 Å². The van der Waals surface area contributed by atoms with Crippen LogP contribution in [-0.2, 0) is 4.79 Å². The fraction of sp³-hybridized carbons (Fsp3) is 0.923. The number of fused-ring (bicyclic) bond motifs is 1. The number of hydrogen-bond donors (Lipinski definition) is 1. The van der Waals surface area contributed by atoms with E-state index in [1.807, 2.05) is 0 Å². The third-order valence-corrected chi connectivity index (χ3v) is 5.00. The van der Waals surface area contributed by atoms with Gasteiger partial charge in [-0.15, -0.1) is 0 Å². The standard InChI is InChI=1S/C13H22O2/c1-12(2)9-5-4-6-11(15)13(9,3)8-7-10(12)14/h9-10,14H,4-8H2,1-3H3/t9?,10-,13+/m1/s1. The van der Waals surface area contributed by atoms with Gasteiger partial charge in [0, 0.05) is 11.8 Å².